The Bertz CT molecular complexity index is 560. The summed E-state index contributed by atoms with van der Waals surface area (Å²) < 4.78 is 54.7. The molecule has 0 unspecified atom stereocenters. The zero-order chi connectivity index (χ0) is 13.1. The molecule has 2 aromatic rings. The second-order valence-electron chi connectivity index (χ2n) is 3.36. The van der Waals surface area contributed by atoms with Gasteiger partial charge >= 0.3 is 6.61 Å². The maximum absolute atomic E-state index is 13.5. The number of hydrogen-bond acceptors (Lipinski definition) is 2. The maximum atomic E-state index is 13.5. The fraction of sp³-hybridized carbons (Fsp3) is 0.0833. The highest BCUT2D eigenvalue weighted by Crippen LogP contribution is 2.25. The van der Waals surface area contributed by atoms with Gasteiger partial charge < -0.3 is 4.74 Å². The highest BCUT2D eigenvalue weighted by Gasteiger charge is 2.12. The Labute approximate surface area is 99.8 Å². The summed E-state index contributed by atoms with van der Waals surface area (Å²) in [5.41, 5.74) is -0.0973. The highest BCUT2D eigenvalue weighted by molar-refractivity contribution is 5.61. The largest absolute Gasteiger partial charge is 0.435 e. The summed E-state index contributed by atoms with van der Waals surface area (Å²) in [5.74, 6) is -2.28. The van der Waals surface area contributed by atoms with Crippen LogP contribution in [-0.2, 0) is 0 Å². The van der Waals surface area contributed by atoms with Crippen LogP contribution in [0.3, 0.4) is 0 Å². The fourth-order valence-corrected chi connectivity index (χ4v) is 1.44. The molecule has 1 heterocycles. The van der Waals surface area contributed by atoms with Crippen molar-refractivity contribution in [3.63, 3.8) is 0 Å². The number of benzene rings is 1. The summed E-state index contributed by atoms with van der Waals surface area (Å²) in [6.07, 6.45) is 1.18. The molecule has 0 aliphatic heterocycles. The average Bonchev–Trinajstić information content (AvgIpc) is 2.32. The summed E-state index contributed by atoms with van der Waals surface area (Å²) >= 11 is 0. The first-order valence-corrected chi connectivity index (χ1v) is 4.93. The SMILES string of the molecule is Fc1cccc(-c2cc(OC(F)F)ccn2)c1F. The second kappa shape index (κ2) is 5.03. The topological polar surface area (TPSA) is 22.1 Å². The van der Waals surface area contributed by atoms with Gasteiger partial charge in [0.05, 0.1) is 5.69 Å². The molecule has 0 spiro atoms. The number of aromatic nitrogens is 1. The van der Waals surface area contributed by atoms with Gasteiger partial charge in [0.25, 0.3) is 0 Å². The molecule has 0 aliphatic carbocycles. The molecule has 1 aromatic carbocycles. The predicted molar refractivity (Wildman–Crippen MR) is 56.2 cm³/mol. The molecular weight excluding hydrogens is 250 g/mol. The first-order chi connectivity index (χ1) is 8.58. The third-order valence-electron chi connectivity index (χ3n) is 2.18. The lowest BCUT2D eigenvalue weighted by Crippen LogP contribution is -2.02. The lowest BCUT2D eigenvalue weighted by Gasteiger charge is -2.07. The number of pyridine rings is 1. The Morgan fingerprint density at radius 2 is 1.89 bits per heavy atom. The van der Waals surface area contributed by atoms with Gasteiger partial charge in [-0.2, -0.15) is 8.78 Å². The van der Waals surface area contributed by atoms with Crippen molar-refractivity contribution in [2.75, 3.05) is 0 Å². The van der Waals surface area contributed by atoms with E-state index in [2.05, 4.69) is 9.72 Å². The Hall–Kier alpha value is -2.11. The highest BCUT2D eigenvalue weighted by atomic mass is 19.3. The maximum Gasteiger partial charge on any atom is 0.387 e. The molecule has 6 heteroatoms. The van der Waals surface area contributed by atoms with E-state index in [-0.39, 0.29) is 17.0 Å². The van der Waals surface area contributed by atoms with Gasteiger partial charge in [-0.1, -0.05) is 6.07 Å². The molecular formula is C12H7F4NO. The molecule has 1 aromatic heterocycles. The Morgan fingerprint density at radius 3 is 2.61 bits per heavy atom. The Kier molecular flexibility index (Phi) is 3.45. The zero-order valence-electron chi connectivity index (χ0n) is 8.91. The summed E-state index contributed by atoms with van der Waals surface area (Å²) in [5, 5.41) is 0. The molecule has 0 radical (unpaired) electrons. The molecule has 2 nitrogen and oxygen atoms in total. The van der Waals surface area contributed by atoms with Gasteiger partial charge in [-0.05, 0) is 18.2 Å². The third-order valence-corrected chi connectivity index (χ3v) is 2.18. The number of alkyl halides is 2. The van der Waals surface area contributed by atoms with Crippen LogP contribution in [0, 0.1) is 11.6 Å². The summed E-state index contributed by atoms with van der Waals surface area (Å²) in [4.78, 5) is 3.79. The van der Waals surface area contributed by atoms with Crippen LogP contribution in [0.2, 0.25) is 0 Å². The van der Waals surface area contributed by atoms with Crippen LogP contribution in [0.5, 0.6) is 5.75 Å². The van der Waals surface area contributed by atoms with Crippen molar-refractivity contribution in [2.24, 2.45) is 0 Å². The summed E-state index contributed by atoms with van der Waals surface area (Å²) in [6.45, 7) is -2.99. The number of nitrogens with zero attached hydrogens (tertiary/aromatic N) is 1. The average molecular weight is 257 g/mol. The van der Waals surface area contributed by atoms with Crippen LogP contribution in [0.15, 0.2) is 36.5 Å². The van der Waals surface area contributed by atoms with E-state index < -0.39 is 18.2 Å². The van der Waals surface area contributed by atoms with Crippen LogP contribution in [-0.4, -0.2) is 11.6 Å². The lowest BCUT2D eigenvalue weighted by atomic mass is 10.1. The van der Waals surface area contributed by atoms with E-state index in [0.717, 1.165) is 12.1 Å². The van der Waals surface area contributed by atoms with Crippen molar-refractivity contribution < 1.29 is 22.3 Å². The number of rotatable bonds is 3. The van der Waals surface area contributed by atoms with Crippen LogP contribution >= 0.6 is 0 Å². The summed E-state index contributed by atoms with van der Waals surface area (Å²) in [6, 6.07) is 5.87. The quantitative estimate of drug-likeness (QED) is 0.783. The van der Waals surface area contributed by atoms with E-state index in [1.54, 1.807) is 0 Å². The van der Waals surface area contributed by atoms with Crippen molar-refractivity contribution in [1.82, 2.24) is 4.98 Å². The lowest BCUT2D eigenvalue weighted by molar-refractivity contribution is -0.0498. The molecule has 2 rings (SSSR count). The van der Waals surface area contributed by atoms with Crippen LogP contribution in [0.25, 0.3) is 11.3 Å². The van der Waals surface area contributed by atoms with E-state index in [1.165, 1.54) is 24.4 Å². The monoisotopic (exact) mass is 257 g/mol. The molecule has 0 aliphatic rings. The van der Waals surface area contributed by atoms with Gasteiger partial charge in [-0.15, -0.1) is 0 Å². The molecule has 94 valence electrons. The minimum atomic E-state index is -2.99. The predicted octanol–water partition coefficient (Wildman–Crippen LogP) is 3.63. The fourth-order valence-electron chi connectivity index (χ4n) is 1.44. The van der Waals surface area contributed by atoms with Crippen molar-refractivity contribution in [1.29, 1.82) is 0 Å². The van der Waals surface area contributed by atoms with E-state index >= 15 is 0 Å². The smallest absolute Gasteiger partial charge is 0.387 e. The van der Waals surface area contributed by atoms with Crippen LogP contribution in [0.1, 0.15) is 0 Å². The minimum Gasteiger partial charge on any atom is -0.435 e. The van der Waals surface area contributed by atoms with Crippen molar-refractivity contribution in [3.05, 3.63) is 48.2 Å². The van der Waals surface area contributed by atoms with Crippen molar-refractivity contribution in [2.45, 2.75) is 6.61 Å². The third kappa shape index (κ3) is 2.58. The molecule has 0 bridgehead atoms. The molecule has 0 saturated heterocycles. The van der Waals surface area contributed by atoms with Crippen molar-refractivity contribution >= 4 is 0 Å². The molecule has 0 N–H and O–H groups in total. The Morgan fingerprint density at radius 1 is 1.11 bits per heavy atom. The van der Waals surface area contributed by atoms with E-state index in [0.29, 0.717) is 0 Å². The summed E-state index contributed by atoms with van der Waals surface area (Å²) in [7, 11) is 0. The number of hydrogen-bond donors (Lipinski definition) is 0. The molecule has 18 heavy (non-hydrogen) atoms. The van der Waals surface area contributed by atoms with E-state index in [1.807, 2.05) is 0 Å². The van der Waals surface area contributed by atoms with Gasteiger partial charge in [0.1, 0.15) is 5.75 Å². The van der Waals surface area contributed by atoms with Crippen LogP contribution in [0.4, 0.5) is 17.6 Å². The van der Waals surface area contributed by atoms with Crippen LogP contribution < -0.4 is 4.74 Å². The van der Waals surface area contributed by atoms with Gasteiger partial charge in [-0.3, -0.25) is 4.98 Å². The minimum absolute atomic E-state index is 0.0187. The molecule has 0 fully saturated rings. The first kappa shape index (κ1) is 12.3. The molecule has 0 atom stereocenters. The Balaban J connectivity index is 2.41. The van der Waals surface area contributed by atoms with E-state index in [9.17, 15) is 17.6 Å². The zero-order valence-corrected chi connectivity index (χ0v) is 8.91. The van der Waals surface area contributed by atoms with Gasteiger partial charge in [-0.25, -0.2) is 8.78 Å². The van der Waals surface area contributed by atoms with Gasteiger partial charge in [0.2, 0.25) is 0 Å². The van der Waals surface area contributed by atoms with Gasteiger partial charge in [0.15, 0.2) is 11.6 Å². The number of ether oxygens (including phenoxy) is 1. The molecule has 0 saturated carbocycles. The number of halogens is 4. The van der Waals surface area contributed by atoms with Gasteiger partial charge in [0, 0.05) is 17.8 Å². The van der Waals surface area contributed by atoms with Crippen molar-refractivity contribution in [3.8, 4) is 17.0 Å². The first-order valence-electron chi connectivity index (χ1n) is 4.93. The normalized spacial score (nSPS) is 10.7. The second-order valence-corrected chi connectivity index (χ2v) is 3.36. The standard InChI is InChI=1S/C12H7F4NO/c13-9-3-1-2-8(11(9)14)10-6-7(4-5-17-10)18-12(15)16/h1-6,12H. The van der Waals surface area contributed by atoms with E-state index in [4.69, 9.17) is 0 Å². The molecule has 0 amide bonds.